The predicted molar refractivity (Wildman–Crippen MR) is 187 cm³/mol. The number of hydrogen-bond acceptors (Lipinski definition) is 8. The molecule has 0 aliphatic heterocycles. The molecule has 0 saturated carbocycles. The first-order valence-electron chi connectivity index (χ1n) is 18.1. The number of rotatable bonds is 32. The van der Waals surface area contributed by atoms with E-state index in [1.165, 1.54) is 128 Å². The SMILES string of the molecule is CCC(C)CCCCCCCCCCCCCOS(=O)(=O)[O-].CCC(C)CCCCCCCCCCCCCOS(=O)(=O)[O-].[Ca+2]. The maximum absolute atomic E-state index is 10.2. The fraction of sp³-hybridized carbons (Fsp3) is 1.00. The first-order valence-corrected chi connectivity index (χ1v) is 20.8. The van der Waals surface area contributed by atoms with Crippen molar-refractivity contribution in [2.24, 2.45) is 11.8 Å². The van der Waals surface area contributed by atoms with Gasteiger partial charge in [-0.25, -0.2) is 16.8 Å². The van der Waals surface area contributed by atoms with E-state index in [1.807, 2.05) is 0 Å². The average molecular weight is 711 g/mol. The van der Waals surface area contributed by atoms with Crippen molar-refractivity contribution in [1.82, 2.24) is 0 Å². The van der Waals surface area contributed by atoms with Gasteiger partial charge in [0.15, 0.2) is 0 Å². The molecule has 0 aromatic heterocycles. The zero-order valence-electron chi connectivity index (χ0n) is 29.7. The Balaban J connectivity index is -0.000000767. The van der Waals surface area contributed by atoms with Gasteiger partial charge in [0.2, 0.25) is 20.8 Å². The Morgan fingerprint density at radius 3 is 0.822 bits per heavy atom. The second-order valence-corrected chi connectivity index (χ2v) is 14.9. The second kappa shape index (κ2) is 36.3. The molecule has 2 atom stereocenters. The van der Waals surface area contributed by atoms with E-state index in [9.17, 15) is 25.9 Å². The quantitative estimate of drug-likeness (QED) is 0.0292. The summed E-state index contributed by atoms with van der Waals surface area (Å²) >= 11 is 0. The molecular formula is C34H70CaO8S2. The van der Waals surface area contributed by atoms with Crippen LogP contribution in [0.5, 0.6) is 0 Å². The van der Waals surface area contributed by atoms with Gasteiger partial charge in [-0.1, -0.05) is 182 Å². The maximum atomic E-state index is 10.2. The summed E-state index contributed by atoms with van der Waals surface area (Å²) in [5, 5.41) is 0. The molecular weight excluding hydrogens is 641 g/mol. The van der Waals surface area contributed by atoms with E-state index < -0.39 is 20.8 Å². The molecule has 0 aliphatic carbocycles. The van der Waals surface area contributed by atoms with E-state index in [-0.39, 0.29) is 51.0 Å². The normalized spacial score (nSPS) is 13.1. The van der Waals surface area contributed by atoms with Crippen molar-refractivity contribution in [3.63, 3.8) is 0 Å². The predicted octanol–water partition coefficient (Wildman–Crippen LogP) is 10.0. The Hall–Kier alpha value is 1.000. The molecule has 0 aromatic rings. The molecule has 0 amide bonds. The maximum Gasteiger partial charge on any atom is 2.00 e. The van der Waals surface area contributed by atoms with Gasteiger partial charge in [-0.05, 0) is 24.7 Å². The molecule has 0 aromatic carbocycles. The molecule has 0 fully saturated rings. The van der Waals surface area contributed by atoms with Gasteiger partial charge >= 0.3 is 37.7 Å². The van der Waals surface area contributed by atoms with Crippen molar-refractivity contribution in [1.29, 1.82) is 0 Å². The monoisotopic (exact) mass is 710 g/mol. The molecule has 45 heavy (non-hydrogen) atoms. The second-order valence-electron chi connectivity index (χ2n) is 12.8. The third-order valence-electron chi connectivity index (χ3n) is 8.53. The van der Waals surface area contributed by atoms with Crippen LogP contribution in [-0.4, -0.2) is 76.9 Å². The summed E-state index contributed by atoms with van der Waals surface area (Å²) in [7, 11) is -8.99. The minimum atomic E-state index is -4.50. The molecule has 0 saturated heterocycles. The van der Waals surface area contributed by atoms with Gasteiger partial charge in [0.25, 0.3) is 0 Å². The first kappa shape index (κ1) is 50.4. The van der Waals surface area contributed by atoms with Crippen LogP contribution in [0.3, 0.4) is 0 Å². The number of unbranched alkanes of at least 4 members (excludes halogenated alkanes) is 20. The van der Waals surface area contributed by atoms with Gasteiger partial charge in [-0.15, -0.1) is 0 Å². The van der Waals surface area contributed by atoms with Crippen LogP contribution in [0.15, 0.2) is 0 Å². The molecule has 0 rings (SSSR count). The summed E-state index contributed by atoms with van der Waals surface area (Å²) in [6.07, 6.45) is 31.9. The zero-order valence-corrected chi connectivity index (χ0v) is 33.6. The molecule has 0 N–H and O–H groups in total. The van der Waals surface area contributed by atoms with Crippen LogP contribution < -0.4 is 0 Å². The largest absolute Gasteiger partial charge is 2.00 e. The molecule has 268 valence electrons. The third kappa shape index (κ3) is 49.5. The van der Waals surface area contributed by atoms with Crippen molar-refractivity contribution in [2.75, 3.05) is 13.2 Å². The van der Waals surface area contributed by atoms with Crippen LogP contribution >= 0.6 is 0 Å². The molecule has 0 bridgehead atoms. The van der Waals surface area contributed by atoms with E-state index in [4.69, 9.17) is 0 Å². The fourth-order valence-corrected chi connectivity index (χ4v) is 5.75. The summed E-state index contributed by atoms with van der Waals surface area (Å²) in [4.78, 5) is 0. The van der Waals surface area contributed by atoms with Crippen LogP contribution in [0.4, 0.5) is 0 Å². The Morgan fingerprint density at radius 2 is 0.622 bits per heavy atom. The van der Waals surface area contributed by atoms with Gasteiger partial charge in [0.1, 0.15) is 0 Å². The molecule has 0 heterocycles. The van der Waals surface area contributed by atoms with Crippen molar-refractivity contribution >= 4 is 58.5 Å². The summed E-state index contributed by atoms with van der Waals surface area (Å²) in [6, 6.07) is 0. The molecule has 11 heteroatoms. The van der Waals surface area contributed by atoms with Crippen molar-refractivity contribution in [2.45, 2.75) is 195 Å². The van der Waals surface area contributed by atoms with Gasteiger partial charge < -0.3 is 9.11 Å². The summed E-state index contributed by atoms with van der Waals surface area (Å²) in [5.41, 5.74) is 0. The Labute approximate surface area is 310 Å². The summed E-state index contributed by atoms with van der Waals surface area (Å²) < 4.78 is 69.5. The Kier molecular flexibility index (Phi) is 40.6. The smallest absolute Gasteiger partial charge is 0.726 e. The van der Waals surface area contributed by atoms with Crippen LogP contribution in [0.1, 0.15) is 195 Å². The summed E-state index contributed by atoms with van der Waals surface area (Å²) in [6.45, 7) is 9.27. The van der Waals surface area contributed by atoms with Crippen molar-refractivity contribution < 1.29 is 34.3 Å². The third-order valence-corrected chi connectivity index (χ3v) is 9.44. The fourth-order valence-electron chi connectivity index (χ4n) is 5.10. The number of hydrogen-bond donors (Lipinski definition) is 0. The van der Waals surface area contributed by atoms with E-state index in [0.29, 0.717) is 12.8 Å². The van der Waals surface area contributed by atoms with Crippen LogP contribution in [0.25, 0.3) is 0 Å². The van der Waals surface area contributed by atoms with Crippen molar-refractivity contribution in [3.8, 4) is 0 Å². The average Bonchev–Trinajstić information content (AvgIpc) is 2.96. The Morgan fingerprint density at radius 1 is 0.422 bits per heavy atom. The van der Waals surface area contributed by atoms with E-state index >= 15 is 0 Å². The molecule has 8 nitrogen and oxygen atoms in total. The van der Waals surface area contributed by atoms with Gasteiger partial charge in [-0.3, -0.25) is 8.37 Å². The molecule has 2 unspecified atom stereocenters. The van der Waals surface area contributed by atoms with Gasteiger partial charge in [-0.2, -0.15) is 0 Å². The topological polar surface area (TPSA) is 133 Å². The van der Waals surface area contributed by atoms with Gasteiger partial charge in [0, 0.05) is 0 Å². The molecule has 0 spiro atoms. The van der Waals surface area contributed by atoms with Crippen LogP contribution in [0, 0.1) is 11.8 Å². The zero-order chi connectivity index (χ0) is 33.4. The Bertz CT molecular complexity index is 728. The molecule has 0 aliphatic rings. The van der Waals surface area contributed by atoms with Crippen LogP contribution in [-0.2, 0) is 29.2 Å². The van der Waals surface area contributed by atoms with Crippen LogP contribution in [0.2, 0.25) is 0 Å². The summed E-state index contributed by atoms with van der Waals surface area (Å²) in [5.74, 6) is 1.78. The minimum Gasteiger partial charge on any atom is -0.726 e. The first-order chi connectivity index (χ1) is 20.9. The van der Waals surface area contributed by atoms with Gasteiger partial charge in [0.05, 0.1) is 13.2 Å². The van der Waals surface area contributed by atoms with E-state index in [0.717, 1.165) is 37.5 Å². The van der Waals surface area contributed by atoms with E-state index in [2.05, 4.69) is 36.1 Å². The molecule has 0 radical (unpaired) electrons. The van der Waals surface area contributed by atoms with Crippen molar-refractivity contribution in [3.05, 3.63) is 0 Å². The standard InChI is InChI=1S/2C17H36O4S.Ca/c2*1-3-17(2)15-13-11-9-7-5-4-6-8-10-12-14-16-21-22(18,19)20;/h2*17H,3-16H2,1-2H3,(H,18,19,20);/q;;+2/p-2. The minimum absolute atomic E-state index is 0. The van der Waals surface area contributed by atoms with E-state index in [1.54, 1.807) is 0 Å².